The molecule has 5 heteroatoms. The van der Waals surface area contributed by atoms with Crippen molar-refractivity contribution in [3.8, 4) is 0 Å². The number of β-amino-alcohol motifs (C(OH)–C–C–N with tert-alkyl or cyclic N) is 1. The third-order valence-corrected chi connectivity index (χ3v) is 4.16. The third-order valence-electron chi connectivity index (χ3n) is 4.16. The van der Waals surface area contributed by atoms with Crippen LogP contribution in [0.15, 0.2) is 42.6 Å². The maximum atomic E-state index is 13.5. The molecule has 2 unspecified atom stereocenters. The monoisotopic (exact) mass is 314 g/mol. The van der Waals surface area contributed by atoms with E-state index in [1.165, 1.54) is 12.1 Å². The summed E-state index contributed by atoms with van der Waals surface area (Å²) < 4.78 is 13.5. The standard InChI is InChI=1S/C18H19FN2O2/c1-12-5-6-13(10-20-12)7-18(23)21-11-16(22)9-17(21)14-3-2-4-15(19)8-14/h2-6,8,10,16-17,22H,7,9,11H2,1H3. The van der Waals surface area contributed by atoms with Gasteiger partial charge in [-0.15, -0.1) is 0 Å². The van der Waals surface area contributed by atoms with Gasteiger partial charge >= 0.3 is 0 Å². The highest BCUT2D eigenvalue weighted by Crippen LogP contribution is 2.32. The molecule has 23 heavy (non-hydrogen) atoms. The molecule has 1 saturated heterocycles. The molecule has 2 atom stereocenters. The molecule has 1 N–H and O–H groups in total. The van der Waals surface area contributed by atoms with Gasteiger partial charge in [-0.2, -0.15) is 0 Å². The molecular formula is C18H19FN2O2. The van der Waals surface area contributed by atoms with Crippen molar-refractivity contribution in [2.24, 2.45) is 0 Å². The average Bonchev–Trinajstić information content (AvgIpc) is 2.92. The van der Waals surface area contributed by atoms with Crippen LogP contribution in [0.3, 0.4) is 0 Å². The van der Waals surface area contributed by atoms with Crippen LogP contribution in [0.1, 0.15) is 29.3 Å². The zero-order valence-corrected chi connectivity index (χ0v) is 12.9. The summed E-state index contributed by atoms with van der Waals surface area (Å²) in [6, 6.07) is 9.68. The molecule has 2 aromatic rings. The number of carbonyl (C=O) groups is 1. The quantitative estimate of drug-likeness (QED) is 0.946. The first-order valence-electron chi connectivity index (χ1n) is 7.67. The lowest BCUT2D eigenvalue weighted by Gasteiger charge is -2.25. The normalized spacial score (nSPS) is 20.7. The predicted molar refractivity (Wildman–Crippen MR) is 84.2 cm³/mol. The number of aliphatic hydroxyl groups is 1. The molecule has 3 rings (SSSR count). The summed E-state index contributed by atoms with van der Waals surface area (Å²) in [7, 11) is 0. The molecule has 0 bridgehead atoms. The maximum Gasteiger partial charge on any atom is 0.227 e. The van der Waals surface area contributed by atoms with Crippen molar-refractivity contribution in [3.63, 3.8) is 0 Å². The van der Waals surface area contributed by atoms with Crippen LogP contribution in [0.5, 0.6) is 0 Å². The Morgan fingerprint density at radius 3 is 2.91 bits per heavy atom. The summed E-state index contributed by atoms with van der Waals surface area (Å²) in [6.07, 6.45) is 1.77. The van der Waals surface area contributed by atoms with Crippen molar-refractivity contribution in [2.75, 3.05) is 6.54 Å². The summed E-state index contributed by atoms with van der Waals surface area (Å²) in [5.41, 5.74) is 2.45. The lowest BCUT2D eigenvalue weighted by Crippen LogP contribution is -2.33. The van der Waals surface area contributed by atoms with Crippen molar-refractivity contribution >= 4 is 5.91 Å². The number of hydrogen-bond donors (Lipinski definition) is 1. The van der Waals surface area contributed by atoms with Crippen LogP contribution in [0.4, 0.5) is 4.39 Å². The number of aromatic nitrogens is 1. The summed E-state index contributed by atoms with van der Waals surface area (Å²) in [5, 5.41) is 9.95. The van der Waals surface area contributed by atoms with Crippen LogP contribution >= 0.6 is 0 Å². The van der Waals surface area contributed by atoms with Crippen molar-refractivity contribution < 1.29 is 14.3 Å². The van der Waals surface area contributed by atoms with E-state index in [2.05, 4.69) is 4.98 Å². The number of aryl methyl sites for hydroxylation is 1. The molecule has 1 aliphatic rings. The van der Waals surface area contributed by atoms with Crippen LogP contribution in [0, 0.1) is 12.7 Å². The van der Waals surface area contributed by atoms with Gasteiger partial charge in [0.25, 0.3) is 0 Å². The largest absolute Gasteiger partial charge is 0.391 e. The Balaban J connectivity index is 1.78. The number of likely N-dealkylation sites (tertiary alicyclic amines) is 1. The van der Waals surface area contributed by atoms with E-state index in [0.29, 0.717) is 6.42 Å². The number of amides is 1. The van der Waals surface area contributed by atoms with Crippen LogP contribution in [-0.4, -0.2) is 33.5 Å². The fourth-order valence-electron chi connectivity index (χ4n) is 3.00. The second-order valence-corrected chi connectivity index (χ2v) is 5.99. The minimum Gasteiger partial charge on any atom is -0.391 e. The SMILES string of the molecule is Cc1ccc(CC(=O)N2CC(O)CC2c2cccc(F)c2)cn1. The summed E-state index contributed by atoms with van der Waals surface area (Å²) >= 11 is 0. The number of aliphatic hydroxyl groups excluding tert-OH is 1. The lowest BCUT2D eigenvalue weighted by atomic mass is 10.0. The minimum absolute atomic E-state index is 0.0820. The predicted octanol–water partition coefficient (Wildman–Crippen LogP) is 2.41. The summed E-state index contributed by atoms with van der Waals surface area (Å²) in [6.45, 7) is 2.17. The van der Waals surface area contributed by atoms with Crippen LogP contribution in [0.2, 0.25) is 0 Å². The van der Waals surface area contributed by atoms with E-state index in [9.17, 15) is 14.3 Å². The van der Waals surface area contributed by atoms with E-state index in [-0.39, 0.29) is 30.7 Å². The fraction of sp³-hybridized carbons (Fsp3) is 0.333. The molecule has 1 aliphatic heterocycles. The number of nitrogens with zero attached hydrogens (tertiary/aromatic N) is 2. The van der Waals surface area contributed by atoms with Crippen LogP contribution in [0.25, 0.3) is 0 Å². The van der Waals surface area contributed by atoms with E-state index in [4.69, 9.17) is 0 Å². The first-order chi connectivity index (χ1) is 11.0. The summed E-state index contributed by atoms with van der Waals surface area (Å²) in [4.78, 5) is 18.4. The second kappa shape index (κ2) is 6.46. The molecule has 1 aromatic carbocycles. The van der Waals surface area contributed by atoms with Gasteiger partial charge < -0.3 is 10.0 Å². The smallest absolute Gasteiger partial charge is 0.227 e. The molecule has 1 fully saturated rings. The summed E-state index contributed by atoms with van der Waals surface area (Å²) in [5.74, 6) is -0.416. The highest BCUT2D eigenvalue weighted by molar-refractivity contribution is 5.79. The Kier molecular flexibility index (Phi) is 4.39. The molecular weight excluding hydrogens is 295 g/mol. The van der Waals surface area contributed by atoms with Gasteiger partial charge in [-0.3, -0.25) is 9.78 Å². The Morgan fingerprint density at radius 2 is 2.22 bits per heavy atom. The molecule has 0 aliphatic carbocycles. The molecule has 1 aromatic heterocycles. The van der Waals surface area contributed by atoms with Crippen molar-refractivity contribution in [2.45, 2.75) is 31.9 Å². The van der Waals surface area contributed by atoms with Gasteiger partial charge in [-0.25, -0.2) is 4.39 Å². The molecule has 0 spiro atoms. The molecule has 120 valence electrons. The number of rotatable bonds is 3. The second-order valence-electron chi connectivity index (χ2n) is 5.99. The number of hydrogen-bond acceptors (Lipinski definition) is 3. The van der Waals surface area contributed by atoms with Crippen molar-refractivity contribution in [3.05, 3.63) is 65.2 Å². The zero-order chi connectivity index (χ0) is 16.4. The minimum atomic E-state index is -0.580. The number of halogens is 1. The van der Waals surface area contributed by atoms with Crippen LogP contribution in [-0.2, 0) is 11.2 Å². The Hall–Kier alpha value is -2.27. The van der Waals surface area contributed by atoms with E-state index < -0.39 is 6.10 Å². The van der Waals surface area contributed by atoms with Gasteiger partial charge in [-0.1, -0.05) is 18.2 Å². The van der Waals surface area contributed by atoms with Crippen LogP contribution < -0.4 is 0 Å². The Bertz CT molecular complexity index is 702. The first-order valence-corrected chi connectivity index (χ1v) is 7.67. The molecule has 0 radical (unpaired) electrons. The molecule has 4 nitrogen and oxygen atoms in total. The molecule has 0 saturated carbocycles. The van der Waals surface area contributed by atoms with Gasteiger partial charge in [0.1, 0.15) is 5.82 Å². The fourth-order valence-corrected chi connectivity index (χ4v) is 3.00. The first kappa shape index (κ1) is 15.6. The van der Waals surface area contributed by atoms with Crippen molar-refractivity contribution in [1.82, 2.24) is 9.88 Å². The third kappa shape index (κ3) is 3.56. The zero-order valence-electron chi connectivity index (χ0n) is 12.9. The van der Waals surface area contributed by atoms with E-state index in [1.54, 1.807) is 23.2 Å². The molecule has 2 heterocycles. The van der Waals surface area contributed by atoms with E-state index in [1.807, 2.05) is 19.1 Å². The number of benzene rings is 1. The van der Waals surface area contributed by atoms with Gasteiger partial charge in [0.15, 0.2) is 0 Å². The number of pyridine rings is 1. The van der Waals surface area contributed by atoms with Gasteiger partial charge in [-0.05, 0) is 42.7 Å². The topological polar surface area (TPSA) is 53.4 Å². The van der Waals surface area contributed by atoms with E-state index >= 15 is 0 Å². The van der Waals surface area contributed by atoms with Gasteiger partial charge in [0.05, 0.1) is 18.6 Å². The van der Waals surface area contributed by atoms with Crippen molar-refractivity contribution in [1.29, 1.82) is 0 Å². The Labute approximate surface area is 134 Å². The molecule has 1 amide bonds. The van der Waals surface area contributed by atoms with Gasteiger partial charge in [0.2, 0.25) is 5.91 Å². The Morgan fingerprint density at radius 1 is 1.39 bits per heavy atom. The highest BCUT2D eigenvalue weighted by atomic mass is 19.1. The average molecular weight is 314 g/mol. The highest BCUT2D eigenvalue weighted by Gasteiger charge is 2.35. The lowest BCUT2D eigenvalue weighted by molar-refractivity contribution is -0.131. The van der Waals surface area contributed by atoms with Gasteiger partial charge in [0, 0.05) is 18.4 Å². The number of carbonyl (C=O) groups excluding carboxylic acids is 1. The van der Waals surface area contributed by atoms with E-state index in [0.717, 1.165) is 16.8 Å². The maximum absolute atomic E-state index is 13.5.